The minimum atomic E-state index is -5.67. The zero-order valence-electron chi connectivity index (χ0n) is 11.3. The molecule has 22 heavy (non-hydrogen) atoms. The minimum absolute atomic E-state index is 0.214. The first-order valence-corrected chi connectivity index (χ1v) is 6.63. The number of nitrogens with two attached hydrogens (primary N) is 1. The third kappa shape index (κ3) is 2.18. The van der Waals surface area contributed by atoms with E-state index < -0.39 is 18.1 Å². The normalized spacial score (nSPS) is 15.4. The van der Waals surface area contributed by atoms with E-state index in [0.717, 1.165) is 16.7 Å². The summed E-state index contributed by atoms with van der Waals surface area (Å²) >= 11 is 0. The van der Waals surface area contributed by atoms with Crippen molar-refractivity contribution in [3.63, 3.8) is 0 Å². The van der Waals surface area contributed by atoms with E-state index in [9.17, 15) is 22.0 Å². The summed E-state index contributed by atoms with van der Waals surface area (Å²) in [5.41, 5.74) is 8.53. The molecular formula is C16H12F5N. The van der Waals surface area contributed by atoms with Crippen molar-refractivity contribution in [2.45, 2.75) is 24.6 Å². The Kier molecular flexibility index (Phi) is 3.25. The van der Waals surface area contributed by atoms with Crippen molar-refractivity contribution in [2.75, 3.05) is 0 Å². The predicted octanol–water partition coefficient (Wildman–Crippen LogP) is 4.46. The van der Waals surface area contributed by atoms with Crippen LogP contribution in [0.1, 0.15) is 22.7 Å². The Morgan fingerprint density at radius 2 is 1.50 bits per heavy atom. The highest BCUT2D eigenvalue weighted by molar-refractivity contribution is 5.77. The van der Waals surface area contributed by atoms with Crippen molar-refractivity contribution in [3.8, 4) is 11.1 Å². The summed E-state index contributed by atoms with van der Waals surface area (Å²) in [6, 6.07) is 9.24. The van der Waals surface area contributed by atoms with E-state index in [2.05, 4.69) is 0 Å². The highest BCUT2D eigenvalue weighted by Crippen LogP contribution is 2.45. The van der Waals surface area contributed by atoms with Crippen LogP contribution in [0.25, 0.3) is 11.1 Å². The summed E-state index contributed by atoms with van der Waals surface area (Å²) in [6.07, 6.45) is -5.17. The molecule has 0 saturated carbocycles. The van der Waals surface area contributed by atoms with Crippen LogP contribution in [0.15, 0.2) is 42.5 Å². The molecule has 1 aliphatic rings. The number of alkyl halides is 5. The van der Waals surface area contributed by atoms with Gasteiger partial charge in [0.15, 0.2) is 0 Å². The molecule has 0 aliphatic heterocycles. The smallest absolute Gasteiger partial charge is 0.319 e. The van der Waals surface area contributed by atoms with Gasteiger partial charge in [0.25, 0.3) is 0 Å². The summed E-state index contributed by atoms with van der Waals surface area (Å²) < 4.78 is 64.0. The number of rotatable bonds is 2. The van der Waals surface area contributed by atoms with E-state index in [1.165, 1.54) is 12.1 Å². The Hall–Kier alpha value is -1.95. The van der Waals surface area contributed by atoms with Gasteiger partial charge in [-0.1, -0.05) is 42.5 Å². The van der Waals surface area contributed by atoms with Crippen LogP contribution in [0.4, 0.5) is 22.0 Å². The van der Waals surface area contributed by atoms with E-state index in [0.29, 0.717) is 12.0 Å². The van der Waals surface area contributed by atoms with Crippen LogP contribution in [0.2, 0.25) is 0 Å². The van der Waals surface area contributed by atoms with E-state index in [1.54, 1.807) is 6.07 Å². The highest BCUT2D eigenvalue weighted by atomic mass is 19.4. The van der Waals surface area contributed by atoms with Gasteiger partial charge in [0.05, 0.1) is 0 Å². The zero-order valence-corrected chi connectivity index (χ0v) is 11.3. The molecule has 0 spiro atoms. The van der Waals surface area contributed by atoms with Crippen LogP contribution >= 0.6 is 0 Å². The molecule has 3 rings (SSSR count). The van der Waals surface area contributed by atoms with Gasteiger partial charge in [0, 0.05) is 0 Å². The Balaban J connectivity index is 1.98. The van der Waals surface area contributed by atoms with Gasteiger partial charge in [-0.3, -0.25) is 0 Å². The van der Waals surface area contributed by atoms with Gasteiger partial charge in [-0.05, 0) is 34.2 Å². The zero-order chi connectivity index (χ0) is 16.1. The van der Waals surface area contributed by atoms with Crippen molar-refractivity contribution in [2.24, 2.45) is 5.73 Å². The molecule has 2 aromatic carbocycles. The Morgan fingerprint density at radius 1 is 0.864 bits per heavy atom. The standard InChI is InChI=1S/C16H12F5N/c17-15(18,16(19,20)21)14(22)10-5-6-13-11(8-10)7-9-3-1-2-4-12(9)13/h1-6,8,14H,7,22H2/t14-/m0/s1. The molecule has 0 amide bonds. The van der Waals surface area contributed by atoms with Gasteiger partial charge in [-0.15, -0.1) is 0 Å². The first kappa shape index (κ1) is 15.0. The fourth-order valence-electron chi connectivity index (χ4n) is 2.74. The second-order valence-corrected chi connectivity index (χ2v) is 5.35. The Morgan fingerprint density at radius 3 is 2.18 bits per heavy atom. The average molecular weight is 313 g/mol. The molecule has 2 aromatic rings. The van der Waals surface area contributed by atoms with Crippen molar-refractivity contribution < 1.29 is 22.0 Å². The number of hydrogen-bond acceptors (Lipinski definition) is 1. The first-order valence-electron chi connectivity index (χ1n) is 6.63. The third-order valence-corrected chi connectivity index (χ3v) is 3.95. The monoisotopic (exact) mass is 313 g/mol. The summed E-state index contributed by atoms with van der Waals surface area (Å²) in [5.74, 6) is -4.97. The fraction of sp³-hybridized carbons (Fsp3) is 0.250. The van der Waals surface area contributed by atoms with Crippen molar-refractivity contribution in [1.29, 1.82) is 0 Å². The molecule has 1 aliphatic carbocycles. The molecule has 0 unspecified atom stereocenters. The number of benzene rings is 2. The number of fused-ring (bicyclic) bond motifs is 3. The van der Waals surface area contributed by atoms with E-state index >= 15 is 0 Å². The van der Waals surface area contributed by atoms with E-state index in [-0.39, 0.29) is 5.56 Å². The number of hydrogen-bond donors (Lipinski definition) is 1. The second-order valence-electron chi connectivity index (χ2n) is 5.35. The second kappa shape index (κ2) is 4.78. The molecule has 0 bridgehead atoms. The van der Waals surface area contributed by atoms with Crippen LogP contribution in [0.5, 0.6) is 0 Å². The maximum absolute atomic E-state index is 13.4. The van der Waals surface area contributed by atoms with Crippen molar-refractivity contribution in [1.82, 2.24) is 0 Å². The Bertz CT molecular complexity index is 721. The van der Waals surface area contributed by atoms with Crippen molar-refractivity contribution >= 4 is 0 Å². The van der Waals surface area contributed by atoms with E-state index in [4.69, 9.17) is 5.73 Å². The van der Waals surface area contributed by atoms with Gasteiger partial charge in [-0.2, -0.15) is 22.0 Å². The minimum Gasteiger partial charge on any atom is -0.319 e. The SMILES string of the molecule is N[C@@H](c1ccc2c(c1)Cc1ccccc1-2)C(F)(F)C(F)(F)F. The molecule has 6 heteroatoms. The van der Waals surface area contributed by atoms with Crippen LogP contribution < -0.4 is 5.73 Å². The molecule has 1 atom stereocenters. The van der Waals surface area contributed by atoms with Crippen LogP contribution in [0.3, 0.4) is 0 Å². The molecule has 0 aromatic heterocycles. The van der Waals surface area contributed by atoms with E-state index in [1.807, 2.05) is 24.3 Å². The third-order valence-electron chi connectivity index (χ3n) is 3.95. The predicted molar refractivity (Wildman–Crippen MR) is 72.6 cm³/mol. The lowest BCUT2D eigenvalue weighted by atomic mass is 9.96. The van der Waals surface area contributed by atoms with Crippen molar-refractivity contribution in [3.05, 3.63) is 59.2 Å². The lowest BCUT2D eigenvalue weighted by Crippen LogP contribution is -2.45. The van der Waals surface area contributed by atoms with Crippen LogP contribution in [-0.2, 0) is 6.42 Å². The maximum Gasteiger partial charge on any atom is 0.455 e. The van der Waals surface area contributed by atoms with Crippen LogP contribution in [0, 0.1) is 0 Å². The van der Waals surface area contributed by atoms with Crippen LogP contribution in [-0.4, -0.2) is 12.1 Å². The van der Waals surface area contributed by atoms with Gasteiger partial charge in [0.1, 0.15) is 6.04 Å². The lowest BCUT2D eigenvalue weighted by molar-refractivity contribution is -0.291. The number of halogens is 5. The maximum atomic E-state index is 13.4. The quantitative estimate of drug-likeness (QED) is 0.695. The van der Waals surface area contributed by atoms with Gasteiger partial charge in [0.2, 0.25) is 0 Å². The molecule has 0 radical (unpaired) electrons. The van der Waals surface area contributed by atoms with Gasteiger partial charge < -0.3 is 5.73 Å². The topological polar surface area (TPSA) is 26.0 Å². The molecule has 116 valence electrons. The molecule has 0 heterocycles. The lowest BCUT2D eigenvalue weighted by Gasteiger charge is -2.26. The van der Waals surface area contributed by atoms with Gasteiger partial charge in [-0.25, -0.2) is 0 Å². The fourth-order valence-corrected chi connectivity index (χ4v) is 2.74. The molecule has 1 nitrogen and oxygen atoms in total. The molecular weight excluding hydrogens is 301 g/mol. The largest absolute Gasteiger partial charge is 0.455 e. The molecule has 0 saturated heterocycles. The summed E-state index contributed by atoms with van der Waals surface area (Å²) in [4.78, 5) is 0. The summed E-state index contributed by atoms with van der Waals surface area (Å²) in [5, 5.41) is 0. The summed E-state index contributed by atoms with van der Waals surface area (Å²) in [7, 11) is 0. The highest BCUT2D eigenvalue weighted by Gasteiger charge is 2.61. The Labute approximate surface area is 123 Å². The first-order chi connectivity index (χ1) is 10.2. The summed E-state index contributed by atoms with van der Waals surface area (Å²) in [6.45, 7) is 0. The molecule has 0 fully saturated rings. The van der Waals surface area contributed by atoms with Gasteiger partial charge >= 0.3 is 12.1 Å². The average Bonchev–Trinajstić information content (AvgIpc) is 2.82. The molecule has 2 N–H and O–H groups in total.